The minimum Gasteiger partial charge on any atom is -0.436 e. The molecule has 0 saturated heterocycles. The van der Waals surface area contributed by atoms with Crippen molar-refractivity contribution in [2.45, 2.75) is 6.92 Å². The number of oxazole rings is 1. The number of halogens is 1. The van der Waals surface area contributed by atoms with E-state index in [0.29, 0.717) is 39.0 Å². The summed E-state index contributed by atoms with van der Waals surface area (Å²) in [6.45, 7) is 1.99. The number of hydrogen-bond acceptors (Lipinski definition) is 4. The van der Waals surface area contributed by atoms with Crippen molar-refractivity contribution in [3.8, 4) is 11.5 Å². The predicted octanol–water partition coefficient (Wildman–Crippen LogP) is 5.29. The van der Waals surface area contributed by atoms with Gasteiger partial charge in [0.05, 0.1) is 16.1 Å². The Labute approximate surface area is 160 Å². The molecule has 0 fully saturated rings. The third-order valence-electron chi connectivity index (χ3n) is 4.20. The third-order valence-corrected chi connectivity index (χ3v) is 4.53. The molecule has 4 rings (SSSR count). The minimum atomic E-state index is -0.297. The van der Waals surface area contributed by atoms with Gasteiger partial charge in [-0.15, -0.1) is 0 Å². The van der Waals surface area contributed by atoms with Gasteiger partial charge in [-0.3, -0.25) is 4.79 Å². The topological polar surface area (TPSA) is 81.2 Å². The number of nitrogens with two attached hydrogens (primary N) is 1. The molecular weight excluding hydrogens is 362 g/mol. The van der Waals surface area contributed by atoms with Gasteiger partial charge in [-0.1, -0.05) is 29.8 Å². The van der Waals surface area contributed by atoms with Crippen LogP contribution < -0.4 is 11.1 Å². The first-order chi connectivity index (χ1) is 13.0. The standard InChI is InChI=1S/C21H16ClN3O2/c1-12-6-9-19-18(10-12)25-21(27-19)15-11-13(7-8-16(15)22)24-20(26)14-4-2-3-5-17(14)23/h2-11H,23H2,1H3,(H,24,26). The number of rotatable bonds is 3. The Kier molecular flexibility index (Phi) is 4.30. The minimum absolute atomic E-state index is 0.297. The molecule has 0 aliphatic carbocycles. The fourth-order valence-electron chi connectivity index (χ4n) is 2.82. The highest BCUT2D eigenvalue weighted by atomic mass is 35.5. The first-order valence-corrected chi connectivity index (χ1v) is 8.72. The van der Waals surface area contributed by atoms with Gasteiger partial charge in [-0.25, -0.2) is 4.98 Å². The van der Waals surface area contributed by atoms with Crippen LogP contribution in [0.2, 0.25) is 5.02 Å². The van der Waals surface area contributed by atoms with Gasteiger partial charge in [-0.05, 0) is 55.0 Å². The summed E-state index contributed by atoms with van der Waals surface area (Å²) < 4.78 is 5.83. The molecule has 0 atom stereocenters. The number of benzene rings is 3. The molecule has 3 aromatic carbocycles. The molecule has 0 aliphatic rings. The number of nitrogens with one attached hydrogen (secondary N) is 1. The number of hydrogen-bond donors (Lipinski definition) is 2. The number of amides is 1. The SMILES string of the molecule is Cc1ccc2oc(-c3cc(NC(=O)c4ccccc4N)ccc3Cl)nc2c1. The van der Waals surface area contributed by atoms with Crippen molar-refractivity contribution < 1.29 is 9.21 Å². The number of aryl methyl sites for hydroxylation is 1. The van der Waals surface area contributed by atoms with Gasteiger partial charge in [0.15, 0.2) is 5.58 Å². The van der Waals surface area contributed by atoms with E-state index in [4.69, 9.17) is 21.8 Å². The molecule has 0 spiro atoms. The van der Waals surface area contributed by atoms with Crippen LogP contribution in [-0.2, 0) is 0 Å². The first-order valence-electron chi connectivity index (χ1n) is 8.34. The molecule has 3 N–H and O–H groups in total. The van der Waals surface area contributed by atoms with Gasteiger partial charge in [0.25, 0.3) is 5.91 Å². The molecule has 134 valence electrons. The number of nitrogen functional groups attached to an aromatic ring is 1. The summed E-state index contributed by atoms with van der Waals surface area (Å²) in [7, 11) is 0. The smallest absolute Gasteiger partial charge is 0.257 e. The van der Waals surface area contributed by atoms with Crippen molar-refractivity contribution >= 4 is 40.0 Å². The average molecular weight is 378 g/mol. The molecular formula is C21H16ClN3O2. The van der Waals surface area contributed by atoms with Crippen molar-refractivity contribution in [1.82, 2.24) is 4.98 Å². The summed E-state index contributed by atoms with van der Waals surface area (Å²) in [4.78, 5) is 17.0. The van der Waals surface area contributed by atoms with Crippen LogP contribution in [0.25, 0.3) is 22.6 Å². The second kappa shape index (κ2) is 6.78. The zero-order valence-corrected chi connectivity index (χ0v) is 15.2. The van der Waals surface area contributed by atoms with Gasteiger partial charge in [0, 0.05) is 11.4 Å². The highest BCUT2D eigenvalue weighted by Gasteiger charge is 2.15. The Hall–Kier alpha value is -3.31. The Morgan fingerprint density at radius 2 is 1.93 bits per heavy atom. The Bertz CT molecular complexity index is 1170. The van der Waals surface area contributed by atoms with E-state index in [1.807, 2.05) is 25.1 Å². The quantitative estimate of drug-likeness (QED) is 0.475. The fourth-order valence-corrected chi connectivity index (χ4v) is 3.02. The number of nitrogens with zero attached hydrogens (tertiary/aromatic N) is 1. The summed E-state index contributed by atoms with van der Waals surface area (Å²) in [5.74, 6) is 0.102. The lowest BCUT2D eigenvalue weighted by atomic mass is 10.1. The molecule has 0 radical (unpaired) electrons. The summed E-state index contributed by atoms with van der Waals surface area (Å²) in [5.41, 5.74) is 10.4. The zero-order chi connectivity index (χ0) is 19.0. The van der Waals surface area contributed by atoms with Gasteiger partial charge in [-0.2, -0.15) is 0 Å². The molecule has 6 heteroatoms. The normalized spacial score (nSPS) is 10.9. The number of carbonyl (C=O) groups is 1. The van der Waals surface area contributed by atoms with Crippen LogP contribution in [0.4, 0.5) is 11.4 Å². The largest absolute Gasteiger partial charge is 0.436 e. The zero-order valence-electron chi connectivity index (χ0n) is 14.5. The maximum atomic E-state index is 12.5. The van der Waals surface area contributed by atoms with Crippen LogP contribution in [0, 0.1) is 6.92 Å². The molecule has 1 amide bonds. The summed E-state index contributed by atoms with van der Waals surface area (Å²) in [5, 5.41) is 3.31. The number of para-hydroxylation sites is 1. The molecule has 0 unspecified atom stereocenters. The average Bonchev–Trinajstić information content (AvgIpc) is 3.06. The van der Waals surface area contributed by atoms with E-state index in [1.165, 1.54) is 0 Å². The Morgan fingerprint density at radius 3 is 2.74 bits per heavy atom. The first kappa shape index (κ1) is 17.1. The van der Waals surface area contributed by atoms with Crippen LogP contribution >= 0.6 is 11.6 Å². The fraction of sp³-hybridized carbons (Fsp3) is 0.0476. The predicted molar refractivity (Wildman–Crippen MR) is 108 cm³/mol. The Balaban J connectivity index is 1.68. The van der Waals surface area contributed by atoms with E-state index in [1.54, 1.807) is 42.5 Å². The van der Waals surface area contributed by atoms with Crippen molar-refractivity contribution in [2.24, 2.45) is 0 Å². The van der Waals surface area contributed by atoms with E-state index in [-0.39, 0.29) is 5.91 Å². The molecule has 27 heavy (non-hydrogen) atoms. The third kappa shape index (κ3) is 3.37. The lowest BCUT2D eigenvalue weighted by molar-refractivity contribution is 0.102. The number of anilines is 2. The van der Waals surface area contributed by atoms with E-state index < -0.39 is 0 Å². The van der Waals surface area contributed by atoms with E-state index in [0.717, 1.165) is 11.1 Å². The van der Waals surface area contributed by atoms with Crippen LogP contribution in [0.3, 0.4) is 0 Å². The van der Waals surface area contributed by atoms with Crippen molar-refractivity contribution in [3.05, 3.63) is 76.8 Å². The van der Waals surface area contributed by atoms with Gasteiger partial charge < -0.3 is 15.5 Å². The molecule has 5 nitrogen and oxygen atoms in total. The van der Waals surface area contributed by atoms with Crippen molar-refractivity contribution in [2.75, 3.05) is 11.1 Å². The molecule has 1 heterocycles. The van der Waals surface area contributed by atoms with E-state index >= 15 is 0 Å². The highest BCUT2D eigenvalue weighted by molar-refractivity contribution is 6.33. The molecule has 0 aliphatic heterocycles. The summed E-state index contributed by atoms with van der Waals surface area (Å²) in [6.07, 6.45) is 0. The van der Waals surface area contributed by atoms with E-state index in [9.17, 15) is 4.79 Å². The summed E-state index contributed by atoms with van der Waals surface area (Å²) >= 11 is 6.34. The second-order valence-electron chi connectivity index (χ2n) is 6.23. The van der Waals surface area contributed by atoms with Gasteiger partial charge in [0.2, 0.25) is 5.89 Å². The van der Waals surface area contributed by atoms with Gasteiger partial charge in [0.1, 0.15) is 5.52 Å². The van der Waals surface area contributed by atoms with Crippen LogP contribution in [-0.4, -0.2) is 10.9 Å². The molecule has 1 aromatic heterocycles. The molecule has 4 aromatic rings. The molecule has 0 saturated carbocycles. The van der Waals surface area contributed by atoms with E-state index in [2.05, 4.69) is 10.3 Å². The van der Waals surface area contributed by atoms with Crippen molar-refractivity contribution in [1.29, 1.82) is 0 Å². The van der Waals surface area contributed by atoms with Gasteiger partial charge >= 0.3 is 0 Å². The van der Waals surface area contributed by atoms with Crippen LogP contribution in [0.15, 0.2) is 65.1 Å². The highest BCUT2D eigenvalue weighted by Crippen LogP contribution is 2.32. The maximum absolute atomic E-state index is 12.5. The lowest BCUT2D eigenvalue weighted by Gasteiger charge is -2.09. The second-order valence-corrected chi connectivity index (χ2v) is 6.63. The summed E-state index contributed by atoms with van der Waals surface area (Å²) in [6, 6.07) is 17.8. The molecule has 0 bridgehead atoms. The maximum Gasteiger partial charge on any atom is 0.257 e. The number of carbonyl (C=O) groups excluding carboxylic acids is 1. The van der Waals surface area contributed by atoms with Crippen LogP contribution in [0.5, 0.6) is 0 Å². The van der Waals surface area contributed by atoms with Crippen molar-refractivity contribution in [3.63, 3.8) is 0 Å². The van der Waals surface area contributed by atoms with Crippen LogP contribution in [0.1, 0.15) is 15.9 Å². The number of aromatic nitrogens is 1. The Morgan fingerprint density at radius 1 is 1.11 bits per heavy atom. The lowest BCUT2D eigenvalue weighted by Crippen LogP contribution is -2.13. The number of fused-ring (bicyclic) bond motifs is 1. The monoisotopic (exact) mass is 377 g/mol.